The summed E-state index contributed by atoms with van der Waals surface area (Å²) in [5.74, 6) is -0.416. The summed E-state index contributed by atoms with van der Waals surface area (Å²) in [5.41, 5.74) is 3.97. The van der Waals surface area contributed by atoms with Gasteiger partial charge in [0.05, 0.1) is 5.69 Å². The minimum absolute atomic E-state index is 0.266. The average Bonchev–Trinajstić information content (AvgIpc) is 2.56. The summed E-state index contributed by atoms with van der Waals surface area (Å²) in [4.78, 5) is 3.13. The summed E-state index contributed by atoms with van der Waals surface area (Å²) in [6.07, 6.45) is -0.993. The molecule has 0 saturated carbocycles. The maximum absolute atomic E-state index is 13.8. The molecule has 1 aromatic heterocycles. The molecule has 0 saturated heterocycles. The monoisotopic (exact) mass is 311 g/mol. The Bertz CT molecular complexity index is 571. The number of hydrogen-bond donors (Lipinski definition) is 2. The Morgan fingerprint density at radius 3 is 2.39 bits per heavy atom. The predicted molar refractivity (Wildman–Crippen MR) is 73.2 cm³/mol. The van der Waals surface area contributed by atoms with Crippen LogP contribution in [0.3, 0.4) is 0 Å². The predicted octanol–water partition coefficient (Wildman–Crippen LogP) is 3.92. The molecule has 1 aromatic carbocycles. The van der Waals surface area contributed by atoms with E-state index >= 15 is 0 Å². The van der Waals surface area contributed by atoms with Gasteiger partial charge in [0.25, 0.3) is 0 Å². The van der Waals surface area contributed by atoms with Gasteiger partial charge in [0, 0.05) is 15.7 Å². The van der Waals surface area contributed by atoms with Crippen molar-refractivity contribution in [3.05, 3.63) is 56.6 Å². The Labute approximate surface area is 114 Å². The van der Waals surface area contributed by atoms with Gasteiger partial charge in [-0.25, -0.2) is 4.39 Å². The summed E-state index contributed by atoms with van der Waals surface area (Å²) in [6, 6.07) is 4.68. The van der Waals surface area contributed by atoms with Crippen LogP contribution < -0.4 is 0 Å². The Morgan fingerprint density at radius 1 is 1.22 bits per heavy atom. The Kier molecular flexibility index (Phi) is 3.59. The van der Waals surface area contributed by atoms with Crippen LogP contribution in [0.4, 0.5) is 4.39 Å². The molecule has 2 nitrogen and oxygen atoms in total. The van der Waals surface area contributed by atoms with E-state index in [4.69, 9.17) is 0 Å². The number of aliphatic hydroxyl groups is 1. The highest BCUT2D eigenvalue weighted by atomic mass is 79.9. The SMILES string of the molecule is Cc1[nH]c(C(O)c2c(F)cccc2Br)c(C)c1C. The van der Waals surface area contributed by atoms with Gasteiger partial charge >= 0.3 is 0 Å². The van der Waals surface area contributed by atoms with E-state index in [0.29, 0.717) is 10.2 Å². The molecule has 0 spiro atoms. The van der Waals surface area contributed by atoms with Crippen molar-refractivity contribution in [1.82, 2.24) is 4.98 Å². The van der Waals surface area contributed by atoms with E-state index in [9.17, 15) is 9.50 Å². The summed E-state index contributed by atoms with van der Waals surface area (Å²) in [5, 5.41) is 10.4. The topological polar surface area (TPSA) is 36.0 Å². The molecule has 2 aromatic rings. The Hall–Kier alpha value is -1.13. The van der Waals surface area contributed by atoms with Crippen LogP contribution in [0.1, 0.15) is 34.2 Å². The zero-order chi connectivity index (χ0) is 13.4. The molecule has 2 N–H and O–H groups in total. The number of H-pyrrole nitrogens is 1. The second kappa shape index (κ2) is 4.86. The largest absolute Gasteiger partial charge is 0.382 e. The highest BCUT2D eigenvalue weighted by Crippen LogP contribution is 2.33. The molecule has 2 rings (SSSR count). The fraction of sp³-hybridized carbons (Fsp3) is 0.286. The van der Waals surface area contributed by atoms with Crippen LogP contribution in [0.15, 0.2) is 22.7 Å². The lowest BCUT2D eigenvalue weighted by atomic mass is 10.0. The van der Waals surface area contributed by atoms with E-state index < -0.39 is 11.9 Å². The lowest BCUT2D eigenvalue weighted by molar-refractivity contribution is 0.209. The minimum atomic E-state index is -0.993. The van der Waals surface area contributed by atoms with E-state index in [0.717, 1.165) is 16.8 Å². The summed E-state index contributed by atoms with van der Waals surface area (Å²) in [7, 11) is 0. The van der Waals surface area contributed by atoms with Crippen LogP contribution >= 0.6 is 15.9 Å². The van der Waals surface area contributed by atoms with Gasteiger partial charge in [-0.2, -0.15) is 0 Å². The van der Waals surface area contributed by atoms with E-state index in [2.05, 4.69) is 20.9 Å². The van der Waals surface area contributed by atoms with Gasteiger partial charge in [-0.15, -0.1) is 0 Å². The standard InChI is InChI=1S/C14H15BrFNO/c1-7-8(2)13(17-9(7)3)14(18)12-10(15)5-4-6-11(12)16/h4-6,14,17-18H,1-3H3. The van der Waals surface area contributed by atoms with E-state index in [-0.39, 0.29) is 5.56 Å². The van der Waals surface area contributed by atoms with Crippen molar-refractivity contribution in [2.75, 3.05) is 0 Å². The molecule has 0 aliphatic carbocycles. The molecular weight excluding hydrogens is 297 g/mol. The molecule has 0 aliphatic heterocycles. The number of hydrogen-bond acceptors (Lipinski definition) is 1. The fourth-order valence-corrected chi connectivity index (χ4v) is 2.62. The number of nitrogens with one attached hydrogen (secondary N) is 1. The number of aromatic amines is 1. The number of rotatable bonds is 2. The fourth-order valence-electron chi connectivity index (χ4n) is 2.06. The van der Waals surface area contributed by atoms with E-state index in [1.54, 1.807) is 12.1 Å². The first-order valence-electron chi connectivity index (χ1n) is 5.71. The Balaban J connectivity index is 2.55. The zero-order valence-electron chi connectivity index (χ0n) is 10.5. The quantitative estimate of drug-likeness (QED) is 0.866. The molecule has 4 heteroatoms. The second-order valence-corrected chi connectivity index (χ2v) is 5.31. The van der Waals surface area contributed by atoms with Crippen molar-refractivity contribution >= 4 is 15.9 Å². The number of benzene rings is 1. The average molecular weight is 312 g/mol. The van der Waals surface area contributed by atoms with Crippen LogP contribution in [0.5, 0.6) is 0 Å². The normalized spacial score (nSPS) is 12.8. The van der Waals surface area contributed by atoms with Crippen LogP contribution in [-0.4, -0.2) is 10.1 Å². The van der Waals surface area contributed by atoms with Crippen LogP contribution in [-0.2, 0) is 0 Å². The molecule has 1 unspecified atom stereocenters. The number of aromatic nitrogens is 1. The van der Waals surface area contributed by atoms with Gasteiger partial charge in [0.1, 0.15) is 11.9 Å². The third-order valence-electron chi connectivity index (χ3n) is 3.40. The summed E-state index contributed by atoms with van der Waals surface area (Å²) in [6.45, 7) is 5.84. The molecule has 0 bridgehead atoms. The van der Waals surface area contributed by atoms with Crippen molar-refractivity contribution in [2.24, 2.45) is 0 Å². The smallest absolute Gasteiger partial charge is 0.130 e. The van der Waals surface area contributed by atoms with Gasteiger partial charge in [0.15, 0.2) is 0 Å². The molecule has 96 valence electrons. The first-order chi connectivity index (χ1) is 8.43. The van der Waals surface area contributed by atoms with E-state index in [1.807, 2.05) is 20.8 Å². The summed E-state index contributed by atoms with van der Waals surface area (Å²) >= 11 is 3.28. The lowest BCUT2D eigenvalue weighted by Gasteiger charge is -2.14. The zero-order valence-corrected chi connectivity index (χ0v) is 12.1. The third-order valence-corrected chi connectivity index (χ3v) is 4.09. The van der Waals surface area contributed by atoms with Crippen LogP contribution in [0.25, 0.3) is 0 Å². The van der Waals surface area contributed by atoms with Crippen molar-refractivity contribution < 1.29 is 9.50 Å². The van der Waals surface area contributed by atoms with Gasteiger partial charge in [-0.05, 0) is 44.0 Å². The molecule has 18 heavy (non-hydrogen) atoms. The number of halogens is 2. The van der Waals surface area contributed by atoms with Gasteiger partial charge in [-0.1, -0.05) is 22.0 Å². The highest BCUT2D eigenvalue weighted by molar-refractivity contribution is 9.10. The van der Waals surface area contributed by atoms with Crippen molar-refractivity contribution in [2.45, 2.75) is 26.9 Å². The van der Waals surface area contributed by atoms with Crippen molar-refractivity contribution in [3.63, 3.8) is 0 Å². The molecule has 1 heterocycles. The third kappa shape index (κ3) is 2.10. The molecule has 0 fully saturated rings. The molecular formula is C14H15BrFNO. The molecule has 0 aliphatic rings. The van der Waals surface area contributed by atoms with E-state index in [1.165, 1.54) is 6.07 Å². The maximum Gasteiger partial charge on any atom is 0.130 e. The first kappa shape index (κ1) is 13.3. The molecule has 1 atom stereocenters. The van der Waals surface area contributed by atoms with Gasteiger partial charge < -0.3 is 10.1 Å². The maximum atomic E-state index is 13.8. The van der Waals surface area contributed by atoms with Crippen LogP contribution in [0, 0.1) is 26.6 Å². The Morgan fingerprint density at radius 2 is 1.89 bits per heavy atom. The van der Waals surface area contributed by atoms with Gasteiger partial charge in [0.2, 0.25) is 0 Å². The summed E-state index contributed by atoms with van der Waals surface area (Å²) < 4.78 is 14.4. The lowest BCUT2D eigenvalue weighted by Crippen LogP contribution is -2.05. The minimum Gasteiger partial charge on any atom is -0.382 e. The van der Waals surface area contributed by atoms with Crippen LogP contribution in [0.2, 0.25) is 0 Å². The number of aliphatic hydroxyl groups excluding tert-OH is 1. The second-order valence-electron chi connectivity index (χ2n) is 4.45. The van der Waals surface area contributed by atoms with Gasteiger partial charge in [-0.3, -0.25) is 0 Å². The highest BCUT2D eigenvalue weighted by Gasteiger charge is 2.22. The van der Waals surface area contributed by atoms with Crippen molar-refractivity contribution in [1.29, 1.82) is 0 Å². The van der Waals surface area contributed by atoms with Crippen molar-refractivity contribution in [3.8, 4) is 0 Å². The molecule has 0 radical (unpaired) electrons. The first-order valence-corrected chi connectivity index (χ1v) is 6.50. The molecule has 0 amide bonds. The number of aryl methyl sites for hydroxylation is 1.